The molecule has 27 heavy (non-hydrogen) atoms. The van der Waals surface area contributed by atoms with Crippen molar-refractivity contribution in [2.24, 2.45) is 5.92 Å². The zero-order valence-electron chi connectivity index (χ0n) is 15.9. The smallest absolute Gasteiger partial charge is 0.143 e. The second kappa shape index (κ2) is 11.3. The van der Waals surface area contributed by atoms with E-state index in [0.717, 1.165) is 43.4 Å². The van der Waals surface area contributed by atoms with E-state index in [-0.39, 0.29) is 50.3 Å². The van der Waals surface area contributed by atoms with Crippen LogP contribution in [0.2, 0.25) is 0 Å². The molecule has 145 valence electrons. The zero-order chi connectivity index (χ0) is 18.4. The van der Waals surface area contributed by atoms with Gasteiger partial charge in [-0.05, 0) is 36.8 Å². The van der Waals surface area contributed by atoms with Crippen LogP contribution in [-0.4, -0.2) is 17.5 Å². The number of Topliss-reactive ketones (excluding diaryl/α,β-unsaturated/α-hetero) is 1. The van der Waals surface area contributed by atoms with Crippen LogP contribution in [0.1, 0.15) is 74.6 Å². The van der Waals surface area contributed by atoms with Crippen molar-refractivity contribution in [2.45, 2.75) is 64.1 Å². The largest absolute Gasteiger partial charge is 0.593 e. The summed E-state index contributed by atoms with van der Waals surface area (Å²) < 4.78 is 16.5. The van der Waals surface area contributed by atoms with Gasteiger partial charge in [0.2, 0.25) is 0 Å². The molecule has 1 radical (unpaired) electrons. The molecule has 0 amide bonds. The Bertz CT molecular complexity index is 679. The summed E-state index contributed by atoms with van der Waals surface area (Å²) in [7, 11) is 0. The Kier molecular flexibility index (Phi) is 9.44. The molecule has 2 aromatic heterocycles. The van der Waals surface area contributed by atoms with Gasteiger partial charge < -0.3 is 18.7 Å². The van der Waals surface area contributed by atoms with Crippen LogP contribution in [0, 0.1) is 12.2 Å². The van der Waals surface area contributed by atoms with Gasteiger partial charge in [-0.2, -0.15) is 6.07 Å². The number of rotatable bonds is 10. The molecule has 1 aliphatic rings. The molecule has 3 rings (SSSR count). The normalized spacial score (nSPS) is 20.6. The molecule has 0 aliphatic heterocycles. The van der Waals surface area contributed by atoms with Gasteiger partial charge >= 0.3 is 0 Å². The minimum Gasteiger partial charge on any atom is -0.593 e. The van der Waals surface area contributed by atoms with Crippen molar-refractivity contribution in [3.05, 3.63) is 47.8 Å². The fourth-order valence-electron chi connectivity index (χ4n) is 3.60. The van der Waals surface area contributed by atoms with E-state index in [2.05, 4.69) is 13.2 Å². The molecule has 0 saturated heterocycles. The Morgan fingerprint density at radius 3 is 3.00 bits per heavy atom. The van der Waals surface area contributed by atoms with Crippen molar-refractivity contribution in [2.75, 3.05) is 6.61 Å². The van der Waals surface area contributed by atoms with E-state index in [9.17, 15) is 9.90 Å². The van der Waals surface area contributed by atoms with E-state index < -0.39 is 6.10 Å². The number of carbonyl (C=O) groups excluding carboxylic acids is 1. The average molecular weight is 448 g/mol. The Morgan fingerprint density at radius 1 is 1.41 bits per heavy atom. The van der Waals surface area contributed by atoms with E-state index in [1.165, 1.54) is 0 Å². The Labute approximate surface area is 185 Å². The number of hydrogen-bond donors (Lipinski definition) is 1. The molecule has 0 bridgehead atoms. The summed E-state index contributed by atoms with van der Waals surface area (Å²) in [6.45, 7) is 2.99. The van der Waals surface area contributed by atoms with Gasteiger partial charge in [0.15, 0.2) is 0 Å². The van der Waals surface area contributed by atoms with Crippen LogP contribution < -0.4 is 0 Å². The van der Waals surface area contributed by atoms with Crippen molar-refractivity contribution >= 4 is 5.78 Å². The van der Waals surface area contributed by atoms with Crippen molar-refractivity contribution in [3.8, 4) is 0 Å². The fraction of sp³-hybridized carbons (Fsp3) is 0.571. The van der Waals surface area contributed by atoms with Crippen molar-refractivity contribution in [1.29, 1.82) is 0 Å². The molecular formula is C21H27O5Y-. The molecule has 2 aromatic rings. The second-order valence-electron chi connectivity index (χ2n) is 7.07. The van der Waals surface area contributed by atoms with Crippen LogP contribution in [0.25, 0.3) is 0 Å². The number of unbranched alkanes of at least 4 members (excludes halogenated alkanes) is 2. The van der Waals surface area contributed by atoms with Gasteiger partial charge in [0, 0.05) is 57.9 Å². The van der Waals surface area contributed by atoms with E-state index >= 15 is 0 Å². The first-order valence-electron chi connectivity index (χ1n) is 9.50. The molecule has 6 heteroatoms. The van der Waals surface area contributed by atoms with Crippen LogP contribution in [0.5, 0.6) is 0 Å². The van der Waals surface area contributed by atoms with Crippen LogP contribution in [0.3, 0.4) is 0 Å². The molecule has 1 aliphatic carbocycles. The molecule has 0 spiro atoms. The average Bonchev–Trinajstić information content (AvgIpc) is 3.36. The third-order valence-corrected chi connectivity index (χ3v) is 5.10. The van der Waals surface area contributed by atoms with Crippen LogP contribution in [0.15, 0.2) is 33.3 Å². The monoisotopic (exact) mass is 448 g/mol. The SMILES string of the molecule is CCCCCC(O)c1coc(C2C(=O)CCC2COCc2cc[c-]o2)c1.[Y]. The van der Waals surface area contributed by atoms with Gasteiger partial charge in [-0.3, -0.25) is 4.79 Å². The number of furan rings is 2. The van der Waals surface area contributed by atoms with Crippen LogP contribution >= 0.6 is 0 Å². The van der Waals surface area contributed by atoms with Crippen molar-refractivity contribution in [1.82, 2.24) is 0 Å². The molecule has 5 nitrogen and oxygen atoms in total. The van der Waals surface area contributed by atoms with Gasteiger partial charge in [0.1, 0.15) is 11.5 Å². The zero-order valence-corrected chi connectivity index (χ0v) is 18.7. The summed E-state index contributed by atoms with van der Waals surface area (Å²) in [6.07, 6.45) is 8.97. The molecule has 3 unspecified atom stereocenters. The number of ether oxygens (including phenoxy) is 1. The standard InChI is InChI=1S/C21H27O5.Y/c1-2-3-4-7-18(22)16-11-20(26-13-16)21-15(8-9-19(21)23)12-24-14-17-6-5-10-25-17;/h5-6,11,13,15,18,21-22H,2-4,7-9,12,14H2,1H3;/q-1;. The second-order valence-corrected chi connectivity index (χ2v) is 7.07. The quantitative estimate of drug-likeness (QED) is 0.426. The Balaban J connectivity index is 0.00000261. The van der Waals surface area contributed by atoms with Crippen molar-refractivity contribution in [3.63, 3.8) is 0 Å². The van der Waals surface area contributed by atoms with Gasteiger partial charge in [-0.15, -0.1) is 6.07 Å². The number of carbonyl (C=O) groups is 1. The molecule has 1 fully saturated rings. The Morgan fingerprint density at radius 2 is 2.26 bits per heavy atom. The third kappa shape index (κ3) is 6.12. The van der Waals surface area contributed by atoms with Crippen LogP contribution in [-0.2, 0) is 48.8 Å². The minimum atomic E-state index is -0.527. The van der Waals surface area contributed by atoms with E-state index in [1.54, 1.807) is 12.3 Å². The summed E-state index contributed by atoms with van der Waals surface area (Å²) in [4.78, 5) is 12.4. The molecular weight excluding hydrogens is 421 g/mol. The van der Waals surface area contributed by atoms with Gasteiger partial charge in [-0.25, -0.2) is 0 Å². The predicted molar refractivity (Wildman–Crippen MR) is 95.5 cm³/mol. The summed E-state index contributed by atoms with van der Waals surface area (Å²) in [5.74, 6) is 1.37. The topological polar surface area (TPSA) is 72.8 Å². The van der Waals surface area contributed by atoms with Crippen LogP contribution in [0.4, 0.5) is 0 Å². The van der Waals surface area contributed by atoms with E-state index in [1.807, 2.05) is 12.1 Å². The number of hydrogen-bond acceptors (Lipinski definition) is 5. The molecule has 0 aromatic carbocycles. The van der Waals surface area contributed by atoms with Gasteiger partial charge in [0.05, 0.1) is 18.3 Å². The summed E-state index contributed by atoms with van der Waals surface area (Å²) in [5, 5.41) is 10.3. The van der Waals surface area contributed by atoms with Crippen molar-refractivity contribution < 1.29 is 56.2 Å². The van der Waals surface area contributed by atoms with E-state index in [0.29, 0.717) is 25.4 Å². The third-order valence-electron chi connectivity index (χ3n) is 5.10. The Hall–Kier alpha value is -0.746. The molecule has 3 atom stereocenters. The minimum absolute atomic E-state index is 0. The summed E-state index contributed by atoms with van der Waals surface area (Å²) in [6, 6.07) is 5.37. The maximum Gasteiger partial charge on any atom is 0.143 e. The first-order valence-corrected chi connectivity index (χ1v) is 9.50. The number of aliphatic hydroxyl groups is 1. The van der Waals surface area contributed by atoms with E-state index in [4.69, 9.17) is 13.6 Å². The number of aliphatic hydroxyl groups excluding tert-OH is 1. The summed E-state index contributed by atoms with van der Waals surface area (Å²) in [5.41, 5.74) is 0.765. The van der Waals surface area contributed by atoms with Gasteiger partial charge in [-0.1, -0.05) is 26.2 Å². The molecule has 1 saturated carbocycles. The first-order chi connectivity index (χ1) is 12.7. The maximum absolute atomic E-state index is 12.4. The first kappa shape index (κ1) is 22.5. The molecule has 2 heterocycles. The predicted octanol–water partition coefficient (Wildman–Crippen LogP) is 4.56. The molecule has 1 N–H and O–H groups in total. The summed E-state index contributed by atoms with van der Waals surface area (Å²) >= 11 is 0. The fourth-order valence-corrected chi connectivity index (χ4v) is 3.60. The number of ketones is 1. The maximum atomic E-state index is 12.4. The van der Waals surface area contributed by atoms with Gasteiger partial charge in [0.25, 0.3) is 0 Å².